The molecule has 1 N–H and O–H groups in total. The van der Waals surface area contributed by atoms with Gasteiger partial charge in [-0.3, -0.25) is 4.79 Å². The van der Waals surface area contributed by atoms with Gasteiger partial charge in [-0.05, 0) is 50.1 Å². The van der Waals surface area contributed by atoms with Gasteiger partial charge in [0.05, 0.1) is 23.2 Å². The molecular weight excluding hydrogens is 356 g/mol. The zero-order valence-corrected chi connectivity index (χ0v) is 17.1. The lowest BCUT2D eigenvalue weighted by molar-refractivity contribution is 0.0928. The number of hydrogen-bond donors (Lipinski definition) is 1. The standard InChI is InChI=1S/C21H26N4OS/c1-12(2)19(18-6-5-9-27-18)24-21(26)15-10-17(14-7-8-14)23-20-16(15)11-22-25(20)13(3)4/h5-6,9-14,19H,7-8H2,1-4H3,(H,24,26)/t19-/m0/s1. The van der Waals surface area contributed by atoms with E-state index in [0.29, 0.717) is 17.4 Å². The van der Waals surface area contributed by atoms with Crippen LogP contribution in [0, 0.1) is 5.92 Å². The van der Waals surface area contributed by atoms with Gasteiger partial charge in [0, 0.05) is 22.5 Å². The molecule has 3 aromatic heterocycles. The molecule has 1 amide bonds. The van der Waals surface area contributed by atoms with Crippen molar-refractivity contribution >= 4 is 28.3 Å². The van der Waals surface area contributed by atoms with E-state index in [-0.39, 0.29) is 18.0 Å². The Kier molecular flexibility index (Phi) is 4.76. The maximum atomic E-state index is 13.3. The Hall–Kier alpha value is -2.21. The second-order valence-electron chi connectivity index (χ2n) is 8.00. The summed E-state index contributed by atoms with van der Waals surface area (Å²) in [5.74, 6) is 0.751. The van der Waals surface area contributed by atoms with Crippen LogP contribution in [0.15, 0.2) is 29.8 Å². The average molecular weight is 383 g/mol. The van der Waals surface area contributed by atoms with Crippen molar-refractivity contribution in [1.82, 2.24) is 20.1 Å². The van der Waals surface area contributed by atoms with Crippen LogP contribution in [-0.2, 0) is 0 Å². The number of amides is 1. The number of nitrogens with zero attached hydrogens (tertiary/aromatic N) is 3. The van der Waals surface area contributed by atoms with E-state index < -0.39 is 0 Å². The van der Waals surface area contributed by atoms with E-state index >= 15 is 0 Å². The summed E-state index contributed by atoms with van der Waals surface area (Å²) in [4.78, 5) is 19.3. The van der Waals surface area contributed by atoms with Gasteiger partial charge in [0.1, 0.15) is 0 Å². The van der Waals surface area contributed by atoms with Crippen molar-refractivity contribution in [3.05, 3.63) is 45.9 Å². The second-order valence-corrected chi connectivity index (χ2v) is 8.98. The first-order valence-electron chi connectivity index (χ1n) is 9.68. The van der Waals surface area contributed by atoms with Crippen LogP contribution in [0.5, 0.6) is 0 Å². The number of carbonyl (C=O) groups is 1. The number of hydrogen-bond acceptors (Lipinski definition) is 4. The number of aromatic nitrogens is 3. The molecule has 4 rings (SSSR count). The predicted molar refractivity (Wildman–Crippen MR) is 109 cm³/mol. The van der Waals surface area contributed by atoms with E-state index in [1.807, 2.05) is 16.8 Å². The summed E-state index contributed by atoms with van der Waals surface area (Å²) < 4.78 is 1.91. The molecule has 1 saturated carbocycles. The number of nitrogens with one attached hydrogen (secondary N) is 1. The summed E-state index contributed by atoms with van der Waals surface area (Å²) >= 11 is 1.68. The van der Waals surface area contributed by atoms with Crippen LogP contribution in [0.25, 0.3) is 11.0 Å². The Labute approximate surface area is 163 Å². The SMILES string of the molecule is CC(C)[C@H](NC(=O)c1cc(C2CC2)nc2c1cnn2C(C)C)c1cccs1. The molecular formula is C21H26N4OS. The predicted octanol–water partition coefficient (Wildman–Crippen LogP) is 5.08. The van der Waals surface area contributed by atoms with Gasteiger partial charge in [-0.15, -0.1) is 11.3 Å². The van der Waals surface area contributed by atoms with E-state index in [9.17, 15) is 4.79 Å². The van der Waals surface area contributed by atoms with Crippen LogP contribution in [-0.4, -0.2) is 20.7 Å². The molecule has 0 spiro atoms. The van der Waals surface area contributed by atoms with Crippen molar-refractivity contribution in [2.24, 2.45) is 5.92 Å². The van der Waals surface area contributed by atoms with Crippen molar-refractivity contribution in [2.75, 3.05) is 0 Å². The summed E-state index contributed by atoms with van der Waals surface area (Å²) in [5.41, 5.74) is 2.53. The highest BCUT2D eigenvalue weighted by Gasteiger charge is 2.29. The van der Waals surface area contributed by atoms with Crippen molar-refractivity contribution in [3.8, 4) is 0 Å². The Balaban J connectivity index is 1.74. The van der Waals surface area contributed by atoms with Crippen LogP contribution >= 0.6 is 11.3 Å². The maximum Gasteiger partial charge on any atom is 0.252 e. The summed E-state index contributed by atoms with van der Waals surface area (Å²) in [6.45, 7) is 8.45. The fourth-order valence-corrected chi connectivity index (χ4v) is 4.39. The smallest absolute Gasteiger partial charge is 0.252 e. The molecule has 5 nitrogen and oxygen atoms in total. The first-order chi connectivity index (χ1) is 13.0. The van der Waals surface area contributed by atoms with Gasteiger partial charge >= 0.3 is 0 Å². The molecule has 142 valence electrons. The van der Waals surface area contributed by atoms with Gasteiger partial charge in [-0.1, -0.05) is 19.9 Å². The van der Waals surface area contributed by atoms with Gasteiger partial charge in [-0.2, -0.15) is 5.10 Å². The minimum atomic E-state index is -0.0419. The molecule has 0 saturated heterocycles. The molecule has 1 aliphatic carbocycles. The average Bonchev–Trinajstić information content (AvgIpc) is 3.17. The quantitative estimate of drug-likeness (QED) is 0.647. The summed E-state index contributed by atoms with van der Waals surface area (Å²) in [7, 11) is 0. The fourth-order valence-electron chi connectivity index (χ4n) is 3.44. The zero-order valence-electron chi connectivity index (χ0n) is 16.3. The summed E-state index contributed by atoms with van der Waals surface area (Å²) in [6.07, 6.45) is 4.09. The van der Waals surface area contributed by atoms with Gasteiger partial charge in [0.25, 0.3) is 5.91 Å². The molecule has 3 heterocycles. The zero-order chi connectivity index (χ0) is 19.1. The van der Waals surface area contributed by atoms with E-state index in [2.05, 4.69) is 49.6 Å². The van der Waals surface area contributed by atoms with Crippen LogP contribution in [0.1, 0.15) is 79.5 Å². The van der Waals surface area contributed by atoms with Crippen molar-refractivity contribution in [1.29, 1.82) is 0 Å². The van der Waals surface area contributed by atoms with E-state index in [4.69, 9.17) is 4.98 Å². The number of rotatable bonds is 6. The topological polar surface area (TPSA) is 59.8 Å². The second kappa shape index (κ2) is 7.08. The van der Waals surface area contributed by atoms with Crippen LogP contribution in [0.2, 0.25) is 0 Å². The summed E-state index contributed by atoms with van der Waals surface area (Å²) in [5, 5.41) is 10.6. The van der Waals surface area contributed by atoms with Crippen LogP contribution in [0.4, 0.5) is 0 Å². The van der Waals surface area contributed by atoms with Gasteiger partial charge < -0.3 is 5.32 Å². The van der Waals surface area contributed by atoms with Crippen molar-refractivity contribution in [2.45, 2.75) is 58.5 Å². The van der Waals surface area contributed by atoms with Crippen LogP contribution in [0.3, 0.4) is 0 Å². The van der Waals surface area contributed by atoms with Crippen molar-refractivity contribution < 1.29 is 4.79 Å². The molecule has 0 unspecified atom stereocenters. The number of pyridine rings is 1. The molecule has 0 radical (unpaired) electrons. The third-order valence-corrected chi connectivity index (χ3v) is 6.07. The Morgan fingerprint density at radius 2 is 2.07 bits per heavy atom. The third-order valence-electron chi connectivity index (χ3n) is 5.12. The molecule has 0 bridgehead atoms. The number of carbonyl (C=O) groups excluding carboxylic acids is 1. The monoisotopic (exact) mass is 382 g/mol. The Bertz CT molecular complexity index is 954. The molecule has 1 fully saturated rings. The van der Waals surface area contributed by atoms with Gasteiger partial charge in [-0.25, -0.2) is 9.67 Å². The fraction of sp³-hybridized carbons (Fsp3) is 0.476. The first kappa shape index (κ1) is 18.2. The molecule has 0 aromatic carbocycles. The van der Waals surface area contributed by atoms with E-state index in [1.165, 1.54) is 4.88 Å². The highest BCUT2D eigenvalue weighted by atomic mass is 32.1. The lowest BCUT2D eigenvalue weighted by Gasteiger charge is -2.21. The lowest BCUT2D eigenvalue weighted by Crippen LogP contribution is -2.31. The van der Waals surface area contributed by atoms with Crippen molar-refractivity contribution in [3.63, 3.8) is 0 Å². The van der Waals surface area contributed by atoms with Gasteiger partial charge in [0.15, 0.2) is 5.65 Å². The minimum absolute atomic E-state index is 0.00485. The molecule has 1 atom stereocenters. The highest BCUT2D eigenvalue weighted by molar-refractivity contribution is 7.10. The van der Waals surface area contributed by atoms with E-state index in [1.54, 1.807) is 17.5 Å². The van der Waals surface area contributed by atoms with Gasteiger partial charge in [0.2, 0.25) is 0 Å². The summed E-state index contributed by atoms with van der Waals surface area (Å²) in [6, 6.07) is 6.31. The maximum absolute atomic E-state index is 13.3. The minimum Gasteiger partial charge on any atom is -0.344 e. The third kappa shape index (κ3) is 3.50. The highest BCUT2D eigenvalue weighted by Crippen LogP contribution is 2.40. The number of fused-ring (bicyclic) bond motifs is 1. The largest absolute Gasteiger partial charge is 0.344 e. The Morgan fingerprint density at radius 1 is 1.30 bits per heavy atom. The van der Waals surface area contributed by atoms with E-state index in [0.717, 1.165) is 29.6 Å². The molecule has 1 aliphatic rings. The van der Waals surface area contributed by atoms with Crippen LogP contribution < -0.4 is 5.32 Å². The molecule has 6 heteroatoms. The first-order valence-corrected chi connectivity index (χ1v) is 10.6. The molecule has 3 aromatic rings. The molecule has 0 aliphatic heterocycles. The molecule has 27 heavy (non-hydrogen) atoms. The normalized spacial score (nSPS) is 15.6. The lowest BCUT2D eigenvalue weighted by atomic mass is 10.0. The Morgan fingerprint density at radius 3 is 2.67 bits per heavy atom. The number of thiophene rings is 1.